The van der Waals surface area contributed by atoms with Crippen LogP contribution >= 0.6 is 11.3 Å². The van der Waals surface area contributed by atoms with Crippen molar-refractivity contribution in [1.29, 1.82) is 0 Å². The minimum atomic E-state index is -0.203. The molecule has 3 N–H and O–H groups in total. The van der Waals surface area contributed by atoms with Crippen LogP contribution in [0.4, 0.5) is 4.79 Å². The summed E-state index contributed by atoms with van der Waals surface area (Å²) in [7, 11) is 0. The number of hydrogen-bond donors (Lipinski definition) is 3. The van der Waals surface area contributed by atoms with E-state index in [1.54, 1.807) is 17.4 Å². The van der Waals surface area contributed by atoms with E-state index in [4.69, 9.17) is 0 Å². The zero-order chi connectivity index (χ0) is 15.7. The molecule has 0 saturated heterocycles. The highest BCUT2D eigenvalue weighted by Crippen LogP contribution is 2.36. The fourth-order valence-corrected chi connectivity index (χ4v) is 3.73. The molecule has 1 atom stereocenters. The number of fused-ring (bicyclic) bond motifs is 1. The number of aryl methyl sites for hydroxylation is 2. The third kappa shape index (κ3) is 2.92. The molecule has 0 aliphatic heterocycles. The number of rotatable bonds is 3. The maximum Gasteiger partial charge on any atom is 0.315 e. The first-order chi connectivity index (χ1) is 10.5. The van der Waals surface area contributed by atoms with Crippen LogP contribution in [0.5, 0.6) is 5.75 Å². The molecule has 2 amide bonds. The van der Waals surface area contributed by atoms with E-state index in [1.807, 2.05) is 26.0 Å². The zero-order valence-electron chi connectivity index (χ0n) is 12.6. The van der Waals surface area contributed by atoms with Gasteiger partial charge in [0.2, 0.25) is 0 Å². The fraction of sp³-hybridized carbons (Fsp3) is 0.375. The molecule has 1 aliphatic rings. The van der Waals surface area contributed by atoms with Crippen LogP contribution < -0.4 is 10.6 Å². The predicted octanol–water partition coefficient (Wildman–Crippen LogP) is 2.95. The summed E-state index contributed by atoms with van der Waals surface area (Å²) in [4.78, 5) is 17.6. The average Bonchev–Trinajstić information content (AvgIpc) is 3.01. The number of carbonyl (C=O) groups excluding carboxylic acids is 1. The average molecular weight is 317 g/mol. The first-order valence-corrected chi connectivity index (χ1v) is 8.14. The lowest BCUT2D eigenvalue weighted by molar-refractivity contribution is 0.236. The summed E-state index contributed by atoms with van der Waals surface area (Å²) in [5.74, 6) is 0.316. The molecule has 2 aromatic rings. The van der Waals surface area contributed by atoms with Crippen LogP contribution in [0.15, 0.2) is 18.2 Å². The Hall–Kier alpha value is -2.08. The number of urea groups is 1. The molecule has 1 aliphatic carbocycles. The maximum atomic E-state index is 12.1. The second-order valence-electron chi connectivity index (χ2n) is 5.50. The van der Waals surface area contributed by atoms with E-state index < -0.39 is 0 Å². The smallest absolute Gasteiger partial charge is 0.315 e. The van der Waals surface area contributed by atoms with E-state index in [0.29, 0.717) is 12.3 Å². The van der Waals surface area contributed by atoms with E-state index in [9.17, 15) is 9.90 Å². The Morgan fingerprint density at radius 2 is 2.27 bits per heavy atom. The van der Waals surface area contributed by atoms with Gasteiger partial charge in [0.25, 0.3) is 0 Å². The van der Waals surface area contributed by atoms with E-state index in [2.05, 4.69) is 15.6 Å². The summed E-state index contributed by atoms with van der Waals surface area (Å²) in [6.07, 6.45) is 1.60. The van der Waals surface area contributed by atoms with Crippen LogP contribution in [-0.2, 0) is 13.0 Å². The van der Waals surface area contributed by atoms with Crippen LogP contribution in [0.25, 0.3) is 0 Å². The lowest BCUT2D eigenvalue weighted by Gasteiger charge is -2.15. The number of phenols is 1. The van der Waals surface area contributed by atoms with Crippen molar-refractivity contribution in [2.75, 3.05) is 0 Å². The Labute approximate surface area is 133 Å². The summed E-state index contributed by atoms with van der Waals surface area (Å²) in [5.41, 5.74) is 2.87. The number of phenolic OH excluding ortho intramolecular Hbond substituents is 1. The number of benzene rings is 1. The standard InChI is InChI=1S/C16H19N3O2S/c1-9-14(18-10(2)22-9)8-17-16(21)19-13-7-6-12-11(13)4-3-5-15(12)20/h3-5,13,20H,6-8H2,1-2H3,(H2,17,19,21). The lowest BCUT2D eigenvalue weighted by atomic mass is 10.1. The SMILES string of the molecule is Cc1nc(CNC(=O)NC2CCc3c(O)cccc32)c(C)s1. The number of nitrogens with one attached hydrogen (secondary N) is 2. The van der Waals surface area contributed by atoms with Crippen molar-refractivity contribution in [3.05, 3.63) is 44.9 Å². The van der Waals surface area contributed by atoms with E-state index >= 15 is 0 Å². The maximum absolute atomic E-state index is 12.1. The van der Waals surface area contributed by atoms with Gasteiger partial charge in [-0.15, -0.1) is 11.3 Å². The van der Waals surface area contributed by atoms with Crippen molar-refractivity contribution in [3.8, 4) is 5.75 Å². The number of carbonyl (C=O) groups is 1. The fourth-order valence-electron chi connectivity index (χ4n) is 2.89. The van der Waals surface area contributed by atoms with Crippen LogP contribution in [0.3, 0.4) is 0 Å². The van der Waals surface area contributed by atoms with Crippen LogP contribution in [0.2, 0.25) is 0 Å². The van der Waals surface area contributed by atoms with Gasteiger partial charge >= 0.3 is 6.03 Å². The summed E-state index contributed by atoms with van der Waals surface area (Å²) in [6, 6.07) is 5.22. The first-order valence-electron chi connectivity index (χ1n) is 7.32. The van der Waals surface area contributed by atoms with Gasteiger partial charge in [-0.1, -0.05) is 12.1 Å². The molecule has 0 bridgehead atoms. The Bertz CT molecular complexity index is 711. The predicted molar refractivity (Wildman–Crippen MR) is 86.1 cm³/mol. The molecule has 116 valence electrons. The molecule has 5 nitrogen and oxygen atoms in total. The number of aromatic hydroxyl groups is 1. The van der Waals surface area contributed by atoms with Gasteiger partial charge in [0.1, 0.15) is 5.75 Å². The molecule has 6 heteroatoms. The van der Waals surface area contributed by atoms with Gasteiger partial charge in [0.05, 0.1) is 23.3 Å². The van der Waals surface area contributed by atoms with E-state index in [0.717, 1.165) is 39.5 Å². The van der Waals surface area contributed by atoms with E-state index in [1.165, 1.54) is 0 Å². The molecule has 1 unspecified atom stereocenters. The number of hydrogen-bond acceptors (Lipinski definition) is 4. The minimum absolute atomic E-state index is 0.0413. The molecule has 22 heavy (non-hydrogen) atoms. The first kappa shape index (κ1) is 14.8. The lowest BCUT2D eigenvalue weighted by Crippen LogP contribution is -2.37. The Morgan fingerprint density at radius 3 is 3.00 bits per heavy atom. The van der Waals surface area contributed by atoms with Crippen molar-refractivity contribution in [2.24, 2.45) is 0 Å². The van der Waals surface area contributed by atoms with E-state index in [-0.39, 0.29) is 12.1 Å². The molecule has 1 aromatic carbocycles. The van der Waals surface area contributed by atoms with Crippen LogP contribution in [0, 0.1) is 13.8 Å². The van der Waals surface area contributed by atoms with Crippen LogP contribution in [-0.4, -0.2) is 16.1 Å². The molecule has 1 heterocycles. The van der Waals surface area contributed by atoms with Crippen molar-refractivity contribution < 1.29 is 9.90 Å². The Balaban J connectivity index is 1.60. The molecular weight excluding hydrogens is 298 g/mol. The molecule has 0 saturated carbocycles. The molecular formula is C16H19N3O2S. The third-order valence-electron chi connectivity index (χ3n) is 3.97. The highest BCUT2D eigenvalue weighted by atomic mass is 32.1. The number of nitrogens with zero attached hydrogens (tertiary/aromatic N) is 1. The summed E-state index contributed by atoms with van der Waals surface area (Å²) >= 11 is 1.64. The molecule has 3 rings (SSSR count). The number of thiazole rings is 1. The number of amides is 2. The molecule has 0 radical (unpaired) electrons. The Kier molecular flexibility index (Phi) is 4.02. The summed E-state index contributed by atoms with van der Waals surface area (Å²) in [5, 5.41) is 16.7. The van der Waals surface area contributed by atoms with Gasteiger partial charge in [-0.25, -0.2) is 9.78 Å². The summed E-state index contributed by atoms with van der Waals surface area (Å²) in [6.45, 7) is 4.40. The highest BCUT2D eigenvalue weighted by Gasteiger charge is 2.25. The van der Waals surface area contributed by atoms with Gasteiger partial charge in [0, 0.05) is 4.88 Å². The van der Waals surface area contributed by atoms with Gasteiger partial charge < -0.3 is 15.7 Å². The van der Waals surface area contributed by atoms with Crippen molar-refractivity contribution in [1.82, 2.24) is 15.6 Å². The van der Waals surface area contributed by atoms with Crippen molar-refractivity contribution >= 4 is 17.4 Å². The van der Waals surface area contributed by atoms with Gasteiger partial charge in [-0.2, -0.15) is 0 Å². The minimum Gasteiger partial charge on any atom is -0.508 e. The van der Waals surface area contributed by atoms with Gasteiger partial charge in [-0.05, 0) is 43.9 Å². The number of aromatic nitrogens is 1. The van der Waals surface area contributed by atoms with Gasteiger partial charge in [0.15, 0.2) is 0 Å². The van der Waals surface area contributed by atoms with Crippen LogP contribution in [0.1, 0.15) is 39.2 Å². The largest absolute Gasteiger partial charge is 0.508 e. The normalized spacial score (nSPS) is 16.4. The second kappa shape index (κ2) is 5.96. The highest BCUT2D eigenvalue weighted by molar-refractivity contribution is 7.11. The topological polar surface area (TPSA) is 74.2 Å². The quantitative estimate of drug-likeness (QED) is 0.815. The second-order valence-corrected chi connectivity index (χ2v) is 6.91. The molecule has 1 aromatic heterocycles. The molecule has 0 spiro atoms. The van der Waals surface area contributed by atoms with Crippen molar-refractivity contribution in [2.45, 2.75) is 39.3 Å². The monoisotopic (exact) mass is 317 g/mol. The Morgan fingerprint density at radius 1 is 1.45 bits per heavy atom. The van der Waals surface area contributed by atoms with Gasteiger partial charge in [-0.3, -0.25) is 0 Å². The van der Waals surface area contributed by atoms with Crippen molar-refractivity contribution in [3.63, 3.8) is 0 Å². The molecule has 0 fully saturated rings. The third-order valence-corrected chi connectivity index (χ3v) is 4.90. The summed E-state index contributed by atoms with van der Waals surface area (Å²) < 4.78 is 0. The zero-order valence-corrected chi connectivity index (χ0v) is 13.5.